The van der Waals surface area contributed by atoms with E-state index in [0.717, 1.165) is 28.2 Å². The fourth-order valence-corrected chi connectivity index (χ4v) is 3.56. The van der Waals surface area contributed by atoms with Crippen molar-refractivity contribution < 1.29 is 9.18 Å². The number of nitrogens with one attached hydrogen (secondary N) is 1. The molecule has 0 saturated heterocycles. The normalized spacial score (nSPS) is 13.1. The van der Waals surface area contributed by atoms with Gasteiger partial charge in [0.15, 0.2) is 0 Å². The highest BCUT2D eigenvalue weighted by atomic mass is 35.5. The minimum atomic E-state index is -0.515. The summed E-state index contributed by atoms with van der Waals surface area (Å²) in [5.74, 6) is -0.116. The van der Waals surface area contributed by atoms with Crippen LogP contribution in [0.3, 0.4) is 0 Å². The number of fused-ring (bicyclic) bond motifs is 1. The van der Waals surface area contributed by atoms with Crippen LogP contribution in [0.5, 0.6) is 0 Å². The Hall–Kier alpha value is -3.25. The van der Waals surface area contributed by atoms with E-state index < -0.39 is 5.95 Å². The molecular formula is C23H20ClFN4O. The van der Waals surface area contributed by atoms with E-state index in [4.69, 9.17) is 4.98 Å². The summed E-state index contributed by atoms with van der Waals surface area (Å²) >= 11 is 0. The fraction of sp³-hybridized carbons (Fsp3) is 0.174. The van der Waals surface area contributed by atoms with Crippen molar-refractivity contribution in [1.29, 1.82) is 0 Å². The number of aryl methyl sites for hydroxylation is 1. The zero-order chi connectivity index (χ0) is 20.0. The van der Waals surface area contributed by atoms with Gasteiger partial charge in [0.2, 0.25) is 5.95 Å². The van der Waals surface area contributed by atoms with Crippen LogP contribution in [-0.4, -0.2) is 20.3 Å². The molecule has 7 heteroatoms. The van der Waals surface area contributed by atoms with Crippen LogP contribution >= 0.6 is 12.4 Å². The number of hydrogen-bond acceptors (Lipinski definition) is 3. The smallest absolute Gasteiger partial charge is 0.255 e. The molecule has 0 atom stereocenters. The first kappa shape index (κ1) is 20.0. The number of carbonyl (C=O) groups excluding carboxylic acids is 1. The molecule has 0 bridgehead atoms. The number of carbonyl (C=O) groups is 1. The highest BCUT2D eigenvalue weighted by Gasteiger charge is 2.28. The highest BCUT2D eigenvalue weighted by molar-refractivity contribution is 6.04. The highest BCUT2D eigenvalue weighted by Crippen LogP contribution is 2.41. The molecule has 1 aromatic carbocycles. The zero-order valence-electron chi connectivity index (χ0n) is 16.3. The number of amides is 1. The maximum atomic E-state index is 13.0. The molecule has 0 aliphatic heterocycles. The second-order valence-electron chi connectivity index (χ2n) is 7.40. The Labute approximate surface area is 179 Å². The Morgan fingerprint density at radius 3 is 2.47 bits per heavy atom. The van der Waals surface area contributed by atoms with Gasteiger partial charge in [0.1, 0.15) is 5.65 Å². The average molecular weight is 423 g/mol. The third kappa shape index (κ3) is 3.78. The summed E-state index contributed by atoms with van der Waals surface area (Å²) in [4.78, 5) is 21.0. The van der Waals surface area contributed by atoms with Gasteiger partial charge in [0.05, 0.1) is 11.4 Å². The summed E-state index contributed by atoms with van der Waals surface area (Å²) in [7, 11) is 0. The molecule has 0 spiro atoms. The van der Waals surface area contributed by atoms with Crippen LogP contribution < -0.4 is 5.32 Å². The van der Waals surface area contributed by atoms with Crippen molar-refractivity contribution in [3.8, 4) is 11.1 Å². The van der Waals surface area contributed by atoms with Gasteiger partial charge in [0, 0.05) is 35.1 Å². The lowest BCUT2D eigenvalue weighted by Crippen LogP contribution is -2.12. The van der Waals surface area contributed by atoms with Gasteiger partial charge >= 0.3 is 0 Å². The van der Waals surface area contributed by atoms with E-state index in [0.29, 0.717) is 11.5 Å². The molecule has 1 saturated carbocycles. The third-order valence-corrected chi connectivity index (χ3v) is 5.32. The Morgan fingerprint density at radius 1 is 1.07 bits per heavy atom. The molecule has 1 aliphatic carbocycles. The number of nitrogens with zero attached hydrogens (tertiary/aromatic N) is 3. The molecule has 0 radical (unpaired) electrons. The topological polar surface area (TPSA) is 59.3 Å². The van der Waals surface area contributed by atoms with Crippen molar-refractivity contribution in [2.24, 2.45) is 0 Å². The SMILES string of the molecule is Cc1c(C2CC2)nc2ccc(NC(=O)c3ccc(-c4ccc(F)nc4)cc3)cn12.Cl. The predicted octanol–water partition coefficient (Wildman–Crippen LogP) is 5.40. The van der Waals surface area contributed by atoms with E-state index in [1.54, 1.807) is 18.2 Å². The summed E-state index contributed by atoms with van der Waals surface area (Å²) < 4.78 is 15.0. The summed E-state index contributed by atoms with van der Waals surface area (Å²) in [6, 6.07) is 13.9. The molecule has 0 unspecified atom stereocenters. The molecule has 5 rings (SSSR count). The summed E-state index contributed by atoms with van der Waals surface area (Å²) in [6.45, 7) is 2.07. The molecule has 152 valence electrons. The number of hydrogen-bond donors (Lipinski definition) is 1. The fourth-order valence-electron chi connectivity index (χ4n) is 3.56. The van der Waals surface area contributed by atoms with Crippen molar-refractivity contribution in [3.05, 3.63) is 83.8 Å². The lowest BCUT2D eigenvalue weighted by Gasteiger charge is -2.08. The first-order valence-electron chi connectivity index (χ1n) is 9.60. The molecule has 3 heterocycles. The molecular weight excluding hydrogens is 403 g/mol. The van der Waals surface area contributed by atoms with Crippen molar-refractivity contribution in [2.75, 3.05) is 5.32 Å². The molecule has 1 amide bonds. The lowest BCUT2D eigenvalue weighted by atomic mass is 10.1. The average Bonchev–Trinajstić information content (AvgIpc) is 3.53. The zero-order valence-corrected chi connectivity index (χ0v) is 17.1. The van der Waals surface area contributed by atoms with E-state index in [1.807, 2.05) is 34.9 Å². The van der Waals surface area contributed by atoms with Crippen molar-refractivity contribution in [1.82, 2.24) is 14.4 Å². The van der Waals surface area contributed by atoms with Crippen LogP contribution in [0.25, 0.3) is 16.8 Å². The summed E-state index contributed by atoms with van der Waals surface area (Å²) in [6.07, 6.45) is 5.81. The van der Waals surface area contributed by atoms with Gasteiger partial charge in [-0.15, -0.1) is 12.4 Å². The maximum Gasteiger partial charge on any atom is 0.255 e. The number of benzene rings is 1. The van der Waals surface area contributed by atoms with Crippen molar-refractivity contribution in [3.63, 3.8) is 0 Å². The number of imidazole rings is 1. The van der Waals surface area contributed by atoms with Crippen LogP contribution in [-0.2, 0) is 0 Å². The van der Waals surface area contributed by atoms with Gasteiger partial charge in [0.25, 0.3) is 5.91 Å². The largest absolute Gasteiger partial charge is 0.321 e. The number of anilines is 1. The summed E-state index contributed by atoms with van der Waals surface area (Å²) in [5.41, 5.74) is 6.14. The molecule has 1 N–H and O–H groups in total. The van der Waals surface area contributed by atoms with E-state index in [1.165, 1.54) is 30.8 Å². The first-order chi connectivity index (χ1) is 14.1. The molecule has 1 fully saturated rings. The van der Waals surface area contributed by atoms with E-state index in [-0.39, 0.29) is 18.3 Å². The number of pyridine rings is 2. The van der Waals surface area contributed by atoms with Gasteiger partial charge < -0.3 is 9.72 Å². The Bertz CT molecular complexity index is 1210. The van der Waals surface area contributed by atoms with Crippen molar-refractivity contribution in [2.45, 2.75) is 25.7 Å². The van der Waals surface area contributed by atoms with Crippen molar-refractivity contribution >= 4 is 29.6 Å². The second kappa shape index (κ2) is 7.88. The van der Waals surface area contributed by atoms with Crippen LogP contribution in [0.1, 0.15) is 40.5 Å². The quantitative estimate of drug-likeness (QED) is 0.448. The van der Waals surface area contributed by atoms with Gasteiger partial charge in [-0.1, -0.05) is 12.1 Å². The Morgan fingerprint density at radius 2 is 1.80 bits per heavy atom. The van der Waals surface area contributed by atoms with Crippen LogP contribution in [0.4, 0.5) is 10.1 Å². The number of rotatable bonds is 4. The van der Waals surface area contributed by atoms with Gasteiger partial charge in [-0.05, 0) is 61.7 Å². The van der Waals surface area contributed by atoms with Gasteiger partial charge in [-0.2, -0.15) is 4.39 Å². The van der Waals surface area contributed by atoms with E-state index in [9.17, 15) is 9.18 Å². The molecule has 1 aliphatic rings. The Kier molecular flexibility index (Phi) is 5.26. The standard InChI is InChI=1S/C23H19FN4O.ClH/c1-14-22(16-4-5-16)27-21-11-9-19(13-28(14)21)26-23(29)17-6-2-15(3-7-17)18-8-10-20(24)25-12-18;/h2-3,6-13,16H,4-5H2,1H3,(H,26,29);1H. The lowest BCUT2D eigenvalue weighted by molar-refractivity contribution is 0.102. The van der Waals surface area contributed by atoms with E-state index >= 15 is 0 Å². The second-order valence-corrected chi connectivity index (χ2v) is 7.40. The minimum Gasteiger partial charge on any atom is -0.321 e. The Balaban J connectivity index is 0.00000218. The number of aromatic nitrogens is 3. The van der Waals surface area contributed by atoms with E-state index in [2.05, 4.69) is 17.2 Å². The monoisotopic (exact) mass is 422 g/mol. The van der Waals surface area contributed by atoms with Crippen LogP contribution in [0.15, 0.2) is 60.9 Å². The molecule has 3 aromatic heterocycles. The van der Waals surface area contributed by atoms with Crippen LogP contribution in [0, 0.1) is 12.9 Å². The van der Waals surface area contributed by atoms with Gasteiger partial charge in [-0.25, -0.2) is 9.97 Å². The predicted molar refractivity (Wildman–Crippen MR) is 117 cm³/mol. The summed E-state index contributed by atoms with van der Waals surface area (Å²) in [5, 5.41) is 2.95. The first-order valence-corrected chi connectivity index (χ1v) is 9.60. The number of halogens is 2. The molecule has 5 nitrogen and oxygen atoms in total. The third-order valence-electron chi connectivity index (χ3n) is 5.32. The van der Waals surface area contributed by atoms with Gasteiger partial charge in [-0.3, -0.25) is 4.79 Å². The van der Waals surface area contributed by atoms with Crippen LogP contribution in [0.2, 0.25) is 0 Å². The molecule has 4 aromatic rings. The molecule has 30 heavy (non-hydrogen) atoms. The minimum absolute atomic E-state index is 0. The maximum absolute atomic E-state index is 13.0.